The van der Waals surface area contributed by atoms with E-state index < -0.39 is 0 Å². The second kappa shape index (κ2) is 9.89. The van der Waals surface area contributed by atoms with Crippen molar-refractivity contribution >= 4 is 67.8 Å². The van der Waals surface area contributed by atoms with Gasteiger partial charge in [0.15, 0.2) is 0 Å². The molecule has 1 aliphatic rings. The molecule has 8 heteroatoms. The number of nitrogens with zero attached hydrogens (tertiary/aromatic N) is 1. The van der Waals surface area contributed by atoms with Crippen molar-refractivity contribution in [2.75, 3.05) is 20.3 Å². The van der Waals surface area contributed by atoms with Gasteiger partial charge in [-0.3, -0.25) is 9.69 Å². The molecular formula is C20H17BrClNO3S2. The molecule has 0 spiro atoms. The third-order valence-corrected chi connectivity index (χ3v) is 6.16. The van der Waals surface area contributed by atoms with Crippen molar-refractivity contribution in [2.24, 2.45) is 0 Å². The largest absolute Gasteiger partial charge is 0.487 e. The zero-order valence-electron chi connectivity index (χ0n) is 15.0. The number of thioether (sulfide) groups is 1. The van der Waals surface area contributed by atoms with Gasteiger partial charge in [0.2, 0.25) is 0 Å². The van der Waals surface area contributed by atoms with E-state index in [-0.39, 0.29) is 5.91 Å². The summed E-state index contributed by atoms with van der Waals surface area (Å²) in [6, 6.07) is 13.3. The minimum absolute atomic E-state index is 0.112. The van der Waals surface area contributed by atoms with Crippen molar-refractivity contribution in [3.8, 4) is 5.75 Å². The summed E-state index contributed by atoms with van der Waals surface area (Å²) < 4.78 is 12.4. The van der Waals surface area contributed by atoms with Gasteiger partial charge in [-0.1, -0.05) is 69.7 Å². The van der Waals surface area contributed by atoms with Crippen molar-refractivity contribution in [3.05, 3.63) is 68.0 Å². The molecule has 28 heavy (non-hydrogen) atoms. The number of carbonyl (C=O) groups excluding carboxylic acids is 1. The lowest BCUT2D eigenvalue weighted by Gasteiger charge is -2.13. The second-order valence-electron chi connectivity index (χ2n) is 5.93. The molecule has 0 radical (unpaired) electrons. The van der Waals surface area contributed by atoms with Crippen LogP contribution in [-0.4, -0.2) is 35.4 Å². The monoisotopic (exact) mass is 497 g/mol. The molecule has 0 bridgehead atoms. The first kappa shape index (κ1) is 21.3. The van der Waals surface area contributed by atoms with E-state index in [1.54, 1.807) is 30.2 Å². The van der Waals surface area contributed by atoms with Crippen LogP contribution < -0.4 is 4.74 Å². The molecule has 2 aromatic carbocycles. The van der Waals surface area contributed by atoms with Crippen LogP contribution in [0.15, 0.2) is 51.8 Å². The van der Waals surface area contributed by atoms with E-state index in [0.29, 0.717) is 39.8 Å². The van der Waals surface area contributed by atoms with Crippen LogP contribution in [0, 0.1) is 0 Å². The molecule has 0 aliphatic carbocycles. The third kappa shape index (κ3) is 5.36. The molecule has 2 aromatic rings. The molecule has 0 unspecified atom stereocenters. The third-order valence-electron chi connectivity index (χ3n) is 3.95. The number of carbonyl (C=O) groups is 1. The summed E-state index contributed by atoms with van der Waals surface area (Å²) in [5.74, 6) is 0.480. The highest BCUT2D eigenvalue weighted by Crippen LogP contribution is 2.34. The molecule has 1 amide bonds. The maximum absolute atomic E-state index is 12.5. The van der Waals surface area contributed by atoms with Gasteiger partial charge in [-0.05, 0) is 41.5 Å². The SMILES string of the molecule is COCCN1C(=O)C(=Cc2ccc(OCc3ccc(Br)cc3)c(Cl)c2)SC1=S. The summed E-state index contributed by atoms with van der Waals surface area (Å²) in [6.07, 6.45) is 1.79. The maximum Gasteiger partial charge on any atom is 0.266 e. The Hall–Kier alpha value is -1.38. The Morgan fingerprint density at radius 1 is 1.25 bits per heavy atom. The fraction of sp³-hybridized carbons (Fsp3) is 0.200. The highest BCUT2D eigenvalue weighted by Gasteiger charge is 2.31. The van der Waals surface area contributed by atoms with Gasteiger partial charge in [-0.25, -0.2) is 0 Å². The number of hydrogen-bond donors (Lipinski definition) is 0. The van der Waals surface area contributed by atoms with Crippen LogP contribution in [-0.2, 0) is 16.1 Å². The van der Waals surface area contributed by atoms with Crippen molar-refractivity contribution in [1.29, 1.82) is 0 Å². The van der Waals surface area contributed by atoms with Crippen LogP contribution in [0.2, 0.25) is 5.02 Å². The van der Waals surface area contributed by atoms with E-state index in [2.05, 4.69) is 15.9 Å². The highest BCUT2D eigenvalue weighted by atomic mass is 79.9. The van der Waals surface area contributed by atoms with Gasteiger partial charge in [0.25, 0.3) is 5.91 Å². The predicted octanol–water partition coefficient (Wildman–Crippen LogP) is 5.53. The topological polar surface area (TPSA) is 38.8 Å². The van der Waals surface area contributed by atoms with Crippen LogP contribution in [0.3, 0.4) is 0 Å². The standard InChI is InChI=1S/C20H17BrClNO3S2/c1-25-9-8-23-19(24)18(28-20(23)27)11-14-4-7-17(16(22)10-14)26-12-13-2-5-15(21)6-3-13/h2-7,10-11H,8-9,12H2,1H3. The van der Waals surface area contributed by atoms with Gasteiger partial charge >= 0.3 is 0 Å². The Balaban J connectivity index is 1.68. The minimum Gasteiger partial charge on any atom is -0.487 e. The Labute approximate surface area is 187 Å². The quantitative estimate of drug-likeness (QED) is 0.371. The molecule has 3 rings (SSSR count). The minimum atomic E-state index is -0.112. The summed E-state index contributed by atoms with van der Waals surface area (Å²) in [7, 11) is 1.59. The predicted molar refractivity (Wildman–Crippen MR) is 122 cm³/mol. The van der Waals surface area contributed by atoms with Crippen LogP contribution >= 0.6 is 51.5 Å². The van der Waals surface area contributed by atoms with E-state index in [1.807, 2.05) is 30.3 Å². The molecule has 0 saturated carbocycles. The van der Waals surface area contributed by atoms with Gasteiger partial charge in [0.1, 0.15) is 16.7 Å². The number of amides is 1. The molecule has 1 fully saturated rings. The highest BCUT2D eigenvalue weighted by molar-refractivity contribution is 9.10. The summed E-state index contributed by atoms with van der Waals surface area (Å²) in [5, 5.41) is 0.487. The summed E-state index contributed by atoms with van der Waals surface area (Å²) in [5.41, 5.74) is 1.86. The fourth-order valence-electron chi connectivity index (χ4n) is 2.49. The smallest absolute Gasteiger partial charge is 0.266 e. The average Bonchev–Trinajstić information content (AvgIpc) is 2.94. The van der Waals surface area contributed by atoms with E-state index in [0.717, 1.165) is 15.6 Å². The number of benzene rings is 2. The summed E-state index contributed by atoms with van der Waals surface area (Å²) in [4.78, 5) is 14.6. The van der Waals surface area contributed by atoms with E-state index >= 15 is 0 Å². The number of rotatable bonds is 7. The number of hydrogen-bond acceptors (Lipinski definition) is 5. The maximum atomic E-state index is 12.5. The van der Waals surface area contributed by atoms with Gasteiger partial charge in [-0.2, -0.15) is 0 Å². The Kier molecular flexibility index (Phi) is 7.54. The molecule has 4 nitrogen and oxygen atoms in total. The van der Waals surface area contributed by atoms with Crippen LogP contribution in [0.25, 0.3) is 6.08 Å². The molecule has 0 atom stereocenters. The molecule has 0 N–H and O–H groups in total. The first-order chi connectivity index (χ1) is 13.5. The van der Waals surface area contributed by atoms with Crippen molar-refractivity contribution in [1.82, 2.24) is 4.90 Å². The Bertz CT molecular complexity index is 918. The van der Waals surface area contributed by atoms with Crippen LogP contribution in [0.1, 0.15) is 11.1 Å². The molecule has 1 saturated heterocycles. The van der Waals surface area contributed by atoms with E-state index in [9.17, 15) is 4.79 Å². The summed E-state index contributed by atoms with van der Waals surface area (Å²) >= 11 is 16.3. The lowest BCUT2D eigenvalue weighted by molar-refractivity contribution is -0.122. The summed E-state index contributed by atoms with van der Waals surface area (Å²) in [6.45, 7) is 1.31. The molecule has 1 aliphatic heterocycles. The number of methoxy groups -OCH3 is 1. The number of ether oxygens (including phenoxy) is 2. The Morgan fingerprint density at radius 2 is 2.00 bits per heavy atom. The average molecular weight is 499 g/mol. The second-order valence-corrected chi connectivity index (χ2v) is 8.93. The first-order valence-corrected chi connectivity index (χ1v) is 10.8. The normalized spacial score (nSPS) is 15.5. The lowest BCUT2D eigenvalue weighted by Crippen LogP contribution is -2.31. The molecule has 1 heterocycles. The molecular weight excluding hydrogens is 482 g/mol. The van der Waals surface area contributed by atoms with Gasteiger partial charge < -0.3 is 9.47 Å². The first-order valence-electron chi connectivity index (χ1n) is 8.39. The van der Waals surface area contributed by atoms with Crippen LogP contribution in [0.4, 0.5) is 0 Å². The van der Waals surface area contributed by atoms with Crippen molar-refractivity contribution in [2.45, 2.75) is 6.61 Å². The van der Waals surface area contributed by atoms with Crippen molar-refractivity contribution < 1.29 is 14.3 Å². The van der Waals surface area contributed by atoms with Crippen molar-refractivity contribution in [3.63, 3.8) is 0 Å². The Morgan fingerprint density at radius 3 is 2.68 bits per heavy atom. The lowest BCUT2D eigenvalue weighted by atomic mass is 10.2. The van der Waals surface area contributed by atoms with E-state index in [1.165, 1.54) is 11.8 Å². The van der Waals surface area contributed by atoms with Gasteiger partial charge in [0, 0.05) is 11.6 Å². The zero-order valence-corrected chi connectivity index (χ0v) is 19.0. The molecule has 146 valence electrons. The zero-order chi connectivity index (χ0) is 20.1. The number of halogens is 2. The van der Waals surface area contributed by atoms with Gasteiger partial charge in [0.05, 0.1) is 23.1 Å². The molecule has 0 aromatic heterocycles. The van der Waals surface area contributed by atoms with Crippen LogP contribution in [0.5, 0.6) is 5.75 Å². The van der Waals surface area contributed by atoms with Gasteiger partial charge in [-0.15, -0.1) is 0 Å². The number of thiocarbonyl (C=S) groups is 1. The fourth-order valence-corrected chi connectivity index (χ4v) is 4.31. The van der Waals surface area contributed by atoms with E-state index in [4.69, 9.17) is 33.3 Å².